The van der Waals surface area contributed by atoms with Crippen LogP contribution in [-0.2, 0) is 16.1 Å². The summed E-state index contributed by atoms with van der Waals surface area (Å²) in [5.41, 5.74) is 5.26. The molecule has 0 saturated carbocycles. The van der Waals surface area contributed by atoms with Crippen LogP contribution in [0.5, 0.6) is 5.75 Å². The van der Waals surface area contributed by atoms with E-state index in [0.717, 1.165) is 4.90 Å². The van der Waals surface area contributed by atoms with Crippen molar-refractivity contribution in [3.63, 3.8) is 0 Å². The van der Waals surface area contributed by atoms with E-state index in [1.54, 1.807) is 42.5 Å². The molecule has 0 radical (unpaired) electrons. The molecule has 0 aromatic heterocycles. The first kappa shape index (κ1) is 19.6. The Balaban J connectivity index is 1.69. The van der Waals surface area contributed by atoms with Crippen molar-refractivity contribution in [2.24, 2.45) is 5.92 Å². The van der Waals surface area contributed by atoms with Crippen LogP contribution < -0.4 is 16.2 Å². The minimum Gasteiger partial charge on any atom is -0.507 e. The summed E-state index contributed by atoms with van der Waals surface area (Å²) in [5, 5.41) is 11.8. The van der Waals surface area contributed by atoms with Gasteiger partial charge in [-0.1, -0.05) is 49.0 Å². The Morgan fingerprint density at radius 2 is 1.69 bits per heavy atom. The van der Waals surface area contributed by atoms with Crippen molar-refractivity contribution in [1.82, 2.24) is 21.1 Å². The molecule has 1 aliphatic rings. The summed E-state index contributed by atoms with van der Waals surface area (Å²) in [6.45, 7) is 3.60. The summed E-state index contributed by atoms with van der Waals surface area (Å²) in [6, 6.07) is 13.8. The third-order valence-corrected chi connectivity index (χ3v) is 4.27. The number of benzene rings is 2. The fraction of sp³-hybridized carbons (Fsp3) is 0.100. The van der Waals surface area contributed by atoms with Gasteiger partial charge in [-0.2, -0.15) is 0 Å². The number of carbonyl (C=O) groups excluding carboxylic acids is 4. The predicted octanol–water partition coefficient (Wildman–Crippen LogP) is 1.04. The van der Waals surface area contributed by atoms with Crippen molar-refractivity contribution >= 4 is 23.8 Å². The summed E-state index contributed by atoms with van der Waals surface area (Å²) in [5.74, 6) is -3.95. The lowest BCUT2D eigenvalue weighted by atomic mass is 10.0. The van der Waals surface area contributed by atoms with Gasteiger partial charge < -0.3 is 10.5 Å². The highest BCUT2D eigenvalue weighted by Gasteiger charge is 2.42. The van der Waals surface area contributed by atoms with Crippen LogP contribution in [0.3, 0.4) is 0 Å². The Kier molecular flexibility index (Phi) is 5.59. The molecular weight excluding hydrogens is 376 g/mol. The van der Waals surface area contributed by atoms with Crippen molar-refractivity contribution < 1.29 is 24.3 Å². The largest absolute Gasteiger partial charge is 0.507 e. The number of urea groups is 1. The number of para-hydroxylation sites is 1. The molecule has 148 valence electrons. The lowest BCUT2D eigenvalue weighted by molar-refractivity contribution is -0.141. The zero-order valence-corrected chi connectivity index (χ0v) is 15.2. The minimum atomic E-state index is -1.42. The average Bonchev–Trinajstić information content (AvgIpc) is 2.70. The Morgan fingerprint density at radius 3 is 2.38 bits per heavy atom. The average molecular weight is 394 g/mol. The van der Waals surface area contributed by atoms with Crippen molar-refractivity contribution in [3.05, 3.63) is 78.0 Å². The fourth-order valence-corrected chi connectivity index (χ4v) is 2.78. The lowest BCUT2D eigenvalue weighted by Crippen LogP contribution is -2.59. The summed E-state index contributed by atoms with van der Waals surface area (Å²) >= 11 is 0. The highest BCUT2D eigenvalue weighted by molar-refractivity contribution is 6.17. The normalized spacial score (nSPS) is 16.2. The third-order valence-electron chi connectivity index (χ3n) is 4.27. The van der Waals surface area contributed by atoms with Crippen LogP contribution in [0.4, 0.5) is 4.79 Å². The van der Waals surface area contributed by atoms with Gasteiger partial charge in [-0.15, -0.1) is 0 Å². The maximum absolute atomic E-state index is 12.8. The quantitative estimate of drug-likeness (QED) is 0.428. The van der Waals surface area contributed by atoms with E-state index in [0.29, 0.717) is 5.56 Å². The van der Waals surface area contributed by atoms with E-state index in [-0.39, 0.29) is 23.6 Å². The Hall–Kier alpha value is -4.14. The molecule has 1 atom stereocenters. The number of rotatable bonds is 6. The van der Waals surface area contributed by atoms with Crippen LogP contribution in [0.25, 0.3) is 0 Å². The zero-order chi connectivity index (χ0) is 21.0. The molecule has 0 aliphatic carbocycles. The zero-order valence-electron chi connectivity index (χ0n) is 15.2. The number of aromatic hydroxyl groups is 1. The summed E-state index contributed by atoms with van der Waals surface area (Å²) in [4.78, 5) is 50.1. The van der Waals surface area contributed by atoms with Gasteiger partial charge >= 0.3 is 6.03 Å². The molecule has 1 saturated heterocycles. The smallest absolute Gasteiger partial charge is 0.331 e. The van der Waals surface area contributed by atoms with E-state index in [9.17, 15) is 24.3 Å². The van der Waals surface area contributed by atoms with Gasteiger partial charge in [0.15, 0.2) is 5.92 Å². The van der Waals surface area contributed by atoms with Gasteiger partial charge in [0.2, 0.25) is 11.8 Å². The Labute approximate surface area is 166 Å². The molecule has 9 heteroatoms. The number of hydrogen-bond acceptors (Lipinski definition) is 6. The number of nitrogens with one attached hydrogen (secondary N) is 3. The van der Waals surface area contributed by atoms with E-state index in [4.69, 9.17) is 0 Å². The second-order valence-electron chi connectivity index (χ2n) is 6.26. The monoisotopic (exact) mass is 394 g/mol. The number of nitrogens with zero attached hydrogens (tertiary/aromatic N) is 1. The second kappa shape index (κ2) is 8.26. The highest BCUT2D eigenvalue weighted by Crippen LogP contribution is 2.19. The molecule has 0 bridgehead atoms. The summed E-state index contributed by atoms with van der Waals surface area (Å²) < 4.78 is 0. The van der Waals surface area contributed by atoms with E-state index in [2.05, 4.69) is 22.7 Å². The van der Waals surface area contributed by atoms with Gasteiger partial charge in [0.05, 0.1) is 12.1 Å². The maximum atomic E-state index is 12.8. The minimum absolute atomic E-state index is 0.00639. The van der Waals surface area contributed by atoms with E-state index < -0.39 is 29.7 Å². The van der Waals surface area contributed by atoms with Crippen molar-refractivity contribution in [2.75, 3.05) is 0 Å². The highest BCUT2D eigenvalue weighted by atomic mass is 16.3. The SMILES string of the molecule is C=C(NNC(=O)c1ccccc1O)[C@@H]1C(=O)NC(=O)N(Cc2ccccc2)C1=O. The summed E-state index contributed by atoms with van der Waals surface area (Å²) in [7, 11) is 0. The fourth-order valence-electron chi connectivity index (χ4n) is 2.78. The van der Waals surface area contributed by atoms with Gasteiger partial charge in [0.1, 0.15) is 5.75 Å². The number of barbiturate groups is 1. The molecule has 1 aliphatic heterocycles. The molecular formula is C20H18N4O5. The molecule has 2 aromatic carbocycles. The van der Waals surface area contributed by atoms with Crippen LogP contribution in [-0.4, -0.2) is 33.8 Å². The number of imide groups is 2. The molecule has 3 rings (SSSR count). The molecule has 5 amide bonds. The van der Waals surface area contributed by atoms with Gasteiger partial charge in [0, 0.05) is 5.70 Å². The molecule has 29 heavy (non-hydrogen) atoms. The number of phenols is 1. The van der Waals surface area contributed by atoms with Crippen molar-refractivity contribution in [3.8, 4) is 5.75 Å². The number of phenolic OH excluding ortho intramolecular Hbond substituents is 1. The Morgan fingerprint density at radius 1 is 1.03 bits per heavy atom. The molecule has 0 spiro atoms. The topological polar surface area (TPSA) is 128 Å². The van der Waals surface area contributed by atoms with Gasteiger partial charge in [-0.25, -0.2) is 4.79 Å². The van der Waals surface area contributed by atoms with E-state index in [1.807, 2.05) is 0 Å². The number of amides is 5. The van der Waals surface area contributed by atoms with Crippen LogP contribution in [0.2, 0.25) is 0 Å². The molecule has 9 nitrogen and oxygen atoms in total. The van der Waals surface area contributed by atoms with Gasteiger partial charge in [0.25, 0.3) is 5.91 Å². The second-order valence-corrected chi connectivity index (χ2v) is 6.26. The van der Waals surface area contributed by atoms with E-state index in [1.165, 1.54) is 12.1 Å². The van der Waals surface area contributed by atoms with Crippen molar-refractivity contribution in [2.45, 2.75) is 6.54 Å². The van der Waals surface area contributed by atoms with E-state index >= 15 is 0 Å². The first-order chi connectivity index (χ1) is 13.9. The molecule has 4 N–H and O–H groups in total. The molecule has 1 fully saturated rings. The third kappa shape index (κ3) is 4.24. The summed E-state index contributed by atoms with van der Waals surface area (Å²) in [6.07, 6.45) is 0. The number of carbonyl (C=O) groups is 4. The lowest BCUT2D eigenvalue weighted by Gasteiger charge is -2.31. The number of hydrazine groups is 1. The predicted molar refractivity (Wildman–Crippen MR) is 102 cm³/mol. The van der Waals surface area contributed by atoms with Crippen LogP contribution in [0, 0.1) is 5.92 Å². The molecule has 0 unspecified atom stereocenters. The van der Waals surface area contributed by atoms with Crippen LogP contribution in [0.15, 0.2) is 66.9 Å². The molecule has 1 heterocycles. The molecule has 2 aromatic rings. The first-order valence-corrected chi connectivity index (χ1v) is 8.61. The van der Waals surface area contributed by atoms with Gasteiger partial charge in [-0.3, -0.25) is 30.0 Å². The van der Waals surface area contributed by atoms with Crippen molar-refractivity contribution in [1.29, 1.82) is 0 Å². The van der Waals surface area contributed by atoms with Gasteiger partial charge in [-0.05, 0) is 17.7 Å². The van der Waals surface area contributed by atoms with Crippen LogP contribution in [0.1, 0.15) is 15.9 Å². The number of hydrogen-bond donors (Lipinski definition) is 4. The standard InChI is InChI=1S/C20H18N4O5/c1-12(22-23-17(26)14-9-5-6-10-15(14)25)16-18(27)21-20(29)24(19(16)28)11-13-7-3-2-4-8-13/h2-10,16,22,25H,1,11H2,(H,23,26)(H,21,27,29)/t16-/m1/s1. The maximum Gasteiger partial charge on any atom is 0.331 e. The Bertz CT molecular complexity index is 989. The van der Waals surface area contributed by atoms with Crippen LogP contribution >= 0.6 is 0 Å². The first-order valence-electron chi connectivity index (χ1n) is 8.61.